The Morgan fingerprint density at radius 2 is 1.94 bits per heavy atom. The molecule has 176 valence electrons. The highest BCUT2D eigenvalue weighted by atomic mass is 35.5. The monoisotopic (exact) mass is 481 g/mol. The molecule has 12 heteroatoms. The van der Waals surface area contributed by atoms with Crippen molar-refractivity contribution in [1.29, 1.82) is 0 Å². The van der Waals surface area contributed by atoms with Crippen molar-refractivity contribution in [1.82, 2.24) is 4.98 Å². The molecule has 2 aliphatic rings. The van der Waals surface area contributed by atoms with Crippen LogP contribution >= 0.6 is 11.6 Å². The first-order valence-corrected chi connectivity index (χ1v) is 10.7. The zero-order valence-corrected chi connectivity index (χ0v) is 18.8. The predicted octanol–water partition coefficient (Wildman–Crippen LogP) is 2.45. The number of ether oxygens (including phenoxy) is 1. The maximum Gasteiger partial charge on any atom is 0.497 e. The highest BCUT2D eigenvalue weighted by molar-refractivity contribution is 6.63. The summed E-state index contributed by atoms with van der Waals surface area (Å²) in [5.74, 6) is -0.0101. The molecule has 0 atom stereocenters. The molecule has 2 N–H and O–H groups in total. The highest BCUT2D eigenvalue weighted by Crippen LogP contribution is 2.27. The Morgan fingerprint density at radius 1 is 1.30 bits per heavy atom. The smallest absolute Gasteiger partial charge is 0.420 e. The lowest BCUT2D eigenvalue weighted by Crippen LogP contribution is -2.56. The zero-order chi connectivity index (χ0) is 23.8. The highest BCUT2D eigenvalue weighted by Gasteiger charge is 2.38. The average Bonchev–Trinajstić information content (AvgIpc) is 2.71. The number of aliphatic hydroxyl groups excluding tert-OH is 1. The van der Waals surface area contributed by atoms with Gasteiger partial charge in [0, 0.05) is 60.7 Å². The van der Waals surface area contributed by atoms with Crippen LogP contribution in [-0.4, -0.2) is 61.1 Å². The number of aliphatic hydroxyl groups is 1. The number of alkyl halides is 3. The largest absolute Gasteiger partial charge is 0.497 e. The molecule has 4 rings (SSSR count). The minimum atomic E-state index is -3.82. The lowest BCUT2D eigenvalue weighted by molar-refractivity contribution is -0.0964. The number of carbonyl (C=O) groups is 1. The van der Waals surface area contributed by atoms with Crippen LogP contribution in [0.15, 0.2) is 36.5 Å². The Labute approximate surface area is 194 Å². The van der Waals surface area contributed by atoms with Gasteiger partial charge in [-0.25, -0.2) is 4.98 Å². The summed E-state index contributed by atoms with van der Waals surface area (Å²) in [5, 5.41) is 12.4. The van der Waals surface area contributed by atoms with Crippen LogP contribution in [-0.2, 0) is 9.31 Å². The Hall–Kier alpha value is -2.47. The van der Waals surface area contributed by atoms with Crippen LogP contribution in [0.4, 0.5) is 20.3 Å². The molecule has 0 bridgehead atoms. The Bertz CT molecular complexity index is 1010. The molecule has 3 heterocycles. The summed E-state index contributed by atoms with van der Waals surface area (Å²) in [6.07, 6.45) is 0.998. The number of benzene rings is 1. The number of amides is 1. The van der Waals surface area contributed by atoms with E-state index in [0.717, 1.165) is 0 Å². The van der Waals surface area contributed by atoms with Crippen molar-refractivity contribution >= 4 is 41.6 Å². The summed E-state index contributed by atoms with van der Waals surface area (Å²) >= 11 is 4.75. The molecule has 33 heavy (non-hydrogen) atoms. The number of halogens is 3. The molecule has 0 unspecified atom stereocenters. The van der Waals surface area contributed by atoms with E-state index in [1.165, 1.54) is 30.5 Å². The third-order valence-corrected chi connectivity index (χ3v) is 5.25. The number of pyridine rings is 1. The lowest BCUT2D eigenvalue weighted by atomic mass is 9.75. The van der Waals surface area contributed by atoms with Crippen molar-refractivity contribution in [3.63, 3.8) is 0 Å². The minimum Gasteiger partial charge on any atom is -0.420 e. The van der Waals surface area contributed by atoms with E-state index in [2.05, 4.69) is 15.0 Å². The molecule has 0 spiro atoms. The Morgan fingerprint density at radius 3 is 2.52 bits per heavy atom. The van der Waals surface area contributed by atoms with Crippen molar-refractivity contribution in [3.8, 4) is 5.75 Å². The molecule has 2 aromatic rings. The van der Waals surface area contributed by atoms with Gasteiger partial charge in [-0.1, -0.05) is 13.8 Å². The number of nitrogens with zero attached hydrogens (tertiary/aromatic N) is 2. The standard InChI is InChI=1S/C21H23BClF2N3O5/c1-20(2)11-31-22(32-12-20)17-7-13(8-26-18(17)28-9-15(29)10-28)19(30)27-14-3-5-16(6-4-14)33-21(23,24)25/h3-8,15,29H,9-12H2,1-2H3,(H,27,30). The molecule has 1 amide bonds. The number of hydrogen-bond acceptors (Lipinski definition) is 7. The molecule has 0 saturated carbocycles. The summed E-state index contributed by atoms with van der Waals surface area (Å²) < 4.78 is 41.6. The fraction of sp³-hybridized carbons (Fsp3) is 0.429. The summed E-state index contributed by atoms with van der Waals surface area (Å²) in [6.45, 7) is 5.88. The fourth-order valence-corrected chi connectivity index (χ4v) is 3.57. The molecule has 2 fully saturated rings. The van der Waals surface area contributed by atoms with E-state index < -0.39 is 24.7 Å². The zero-order valence-electron chi connectivity index (χ0n) is 18.1. The van der Waals surface area contributed by atoms with Crippen molar-refractivity contribution in [2.45, 2.75) is 25.5 Å². The number of aromatic nitrogens is 1. The summed E-state index contributed by atoms with van der Waals surface area (Å²) in [5.41, 5.74) is -2.72. The molecule has 2 aliphatic heterocycles. The third-order valence-electron chi connectivity index (χ3n) is 5.17. The quantitative estimate of drug-likeness (QED) is 0.484. The maximum absolute atomic E-state index is 12.8. The Kier molecular flexibility index (Phi) is 6.50. The normalized spacial score (nSPS) is 18.6. The first-order valence-electron chi connectivity index (χ1n) is 10.3. The van der Waals surface area contributed by atoms with Crippen LogP contribution < -0.4 is 20.4 Å². The molecule has 1 aromatic heterocycles. The molecule has 0 radical (unpaired) electrons. The topological polar surface area (TPSA) is 93.2 Å². The van der Waals surface area contributed by atoms with Crippen LogP contribution in [0.5, 0.6) is 5.75 Å². The van der Waals surface area contributed by atoms with Crippen molar-refractivity contribution in [3.05, 3.63) is 42.1 Å². The van der Waals surface area contributed by atoms with Crippen molar-refractivity contribution in [2.24, 2.45) is 5.41 Å². The number of hydrogen-bond donors (Lipinski definition) is 2. The third kappa shape index (κ3) is 5.91. The summed E-state index contributed by atoms with van der Waals surface area (Å²) in [4.78, 5) is 19.2. The molecule has 8 nitrogen and oxygen atoms in total. The number of carbonyl (C=O) groups excluding carboxylic acids is 1. The number of rotatable bonds is 6. The van der Waals surface area contributed by atoms with Gasteiger partial charge in [0.15, 0.2) is 0 Å². The first-order chi connectivity index (χ1) is 15.5. The van der Waals surface area contributed by atoms with Crippen LogP contribution in [0, 0.1) is 5.41 Å². The summed E-state index contributed by atoms with van der Waals surface area (Å²) in [6, 6.07) is 7.00. The van der Waals surface area contributed by atoms with E-state index in [-0.39, 0.29) is 16.7 Å². The maximum atomic E-state index is 12.8. The van der Waals surface area contributed by atoms with Gasteiger partial charge in [-0.15, -0.1) is 8.78 Å². The van der Waals surface area contributed by atoms with Gasteiger partial charge in [-0.05, 0) is 30.3 Å². The molecule has 1 aromatic carbocycles. The second kappa shape index (κ2) is 9.05. The van der Waals surface area contributed by atoms with E-state index in [0.29, 0.717) is 43.3 Å². The molecular weight excluding hydrogens is 459 g/mol. The van der Waals surface area contributed by atoms with Gasteiger partial charge in [-0.3, -0.25) is 4.79 Å². The second-order valence-electron chi connectivity index (χ2n) is 8.84. The predicted molar refractivity (Wildman–Crippen MR) is 119 cm³/mol. The van der Waals surface area contributed by atoms with Gasteiger partial charge in [0.2, 0.25) is 0 Å². The van der Waals surface area contributed by atoms with Crippen LogP contribution in [0.3, 0.4) is 0 Å². The number of anilines is 2. The summed E-state index contributed by atoms with van der Waals surface area (Å²) in [7, 11) is -0.695. The fourth-order valence-electron chi connectivity index (χ4n) is 3.48. The lowest BCUT2D eigenvalue weighted by Gasteiger charge is -2.39. The van der Waals surface area contributed by atoms with E-state index in [9.17, 15) is 18.7 Å². The van der Waals surface area contributed by atoms with E-state index in [4.69, 9.17) is 20.9 Å². The van der Waals surface area contributed by atoms with Gasteiger partial charge in [0.1, 0.15) is 11.6 Å². The SMILES string of the molecule is CC1(C)COB(c2cc(C(=O)Nc3ccc(OC(F)(F)Cl)cc3)cnc2N2CC(O)C2)OC1. The molecular formula is C21H23BClF2N3O5. The minimum absolute atomic E-state index is 0.130. The average molecular weight is 482 g/mol. The van der Waals surface area contributed by atoms with Crippen molar-refractivity contribution in [2.75, 3.05) is 36.5 Å². The number of β-amino-alcohol motifs (C(OH)–C–C–N with tert-alkyl or cyclic N) is 1. The van der Waals surface area contributed by atoms with E-state index >= 15 is 0 Å². The van der Waals surface area contributed by atoms with Crippen LogP contribution in [0.1, 0.15) is 24.2 Å². The van der Waals surface area contributed by atoms with Gasteiger partial charge in [-0.2, -0.15) is 0 Å². The first kappa shape index (κ1) is 23.7. The van der Waals surface area contributed by atoms with Crippen molar-refractivity contribution < 1.29 is 32.7 Å². The van der Waals surface area contributed by atoms with Gasteiger partial charge < -0.3 is 29.4 Å². The van der Waals surface area contributed by atoms with Gasteiger partial charge >= 0.3 is 12.7 Å². The number of nitrogens with one attached hydrogen (secondary N) is 1. The second-order valence-corrected chi connectivity index (χ2v) is 9.28. The van der Waals surface area contributed by atoms with E-state index in [1.54, 1.807) is 6.07 Å². The van der Waals surface area contributed by atoms with Gasteiger partial charge in [0.25, 0.3) is 5.91 Å². The van der Waals surface area contributed by atoms with Crippen LogP contribution in [0.2, 0.25) is 0 Å². The molecule has 2 saturated heterocycles. The Balaban J connectivity index is 1.52. The van der Waals surface area contributed by atoms with E-state index in [1.807, 2.05) is 18.7 Å². The molecule has 0 aliphatic carbocycles. The van der Waals surface area contributed by atoms with Crippen LogP contribution in [0.25, 0.3) is 0 Å². The van der Waals surface area contributed by atoms with Gasteiger partial charge in [0.05, 0.1) is 11.7 Å².